The standard InChI is InChI=1S/C30H40N4O4S/c1-21-27(31-30(39-21)33-14-12-32(2)13-15-33)11-16-38-26-9-7-22(8-10-26)17-25(29(36)37)18-28(35)34-19-23-5-3-4-6-24(23)20-34/h7-10,17,23-24H,3-6,11-16,18-20H2,1-2H3,(H,36,37)/b25-17+/t23-,24+. The molecule has 8 nitrogen and oxygen atoms in total. The maximum atomic E-state index is 12.9. The Labute approximate surface area is 235 Å². The molecule has 3 aliphatic rings. The number of hydrogen-bond acceptors (Lipinski definition) is 7. The van der Waals surface area contributed by atoms with Crippen LogP contribution in [0, 0.1) is 18.8 Å². The van der Waals surface area contributed by atoms with E-state index in [0.717, 1.165) is 67.8 Å². The van der Waals surface area contributed by atoms with E-state index in [0.29, 0.717) is 18.4 Å². The van der Waals surface area contributed by atoms with Gasteiger partial charge in [0.15, 0.2) is 5.13 Å². The summed E-state index contributed by atoms with van der Waals surface area (Å²) in [6.45, 7) is 8.34. The number of thiazole rings is 1. The number of aromatic nitrogens is 1. The number of aliphatic carboxylic acids is 1. The van der Waals surface area contributed by atoms with Crippen LogP contribution in [0.25, 0.3) is 6.08 Å². The Morgan fingerprint density at radius 3 is 2.38 bits per heavy atom. The summed E-state index contributed by atoms with van der Waals surface area (Å²) in [7, 11) is 2.15. The highest BCUT2D eigenvalue weighted by atomic mass is 32.1. The fourth-order valence-electron chi connectivity index (χ4n) is 5.98. The third kappa shape index (κ3) is 7.00. The van der Waals surface area contributed by atoms with Gasteiger partial charge in [-0.15, -0.1) is 11.3 Å². The van der Waals surface area contributed by atoms with Gasteiger partial charge in [-0.2, -0.15) is 0 Å². The number of hydrogen-bond donors (Lipinski definition) is 1. The SMILES string of the molecule is Cc1sc(N2CCN(C)CC2)nc1CCOc1ccc(/C=C(\CC(=O)N2C[C@H]3CCCC[C@H]3C2)C(=O)O)cc1. The minimum atomic E-state index is -1.05. The number of carboxylic acids is 1. The molecule has 1 aliphatic carbocycles. The van der Waals surface area contributed by atoms with E-state index >= 15 is 0 Å². The van der Waals surface area contributed by atoms with Gasteiger partial charge in [0.1, 0.15) is 5.75 Å². The number of likely N-dealkylation sites (N-methyl/N-ethyl adjacent to an activating group) is 1. The molecule has 0 spiro atoms. The number of nitrogens with zero attached hydrogens (tertiary/aromatic N) is 4. The molecule has 2 aromatic rings. The van der Waals surface area contributed by atoms with Gasteiger partial charge in [0.25, 0.3) is 0 Å². The monoisotopic (exact) mass is 552 g/mol. The number of piperazine rings is 1. The Balaban J connectivity index is 1.12. The average molecular weight is 553 g/mol. The highest BCUT2D eigenvalue weighted by Gasteiger charge is 2.36. The molecule has 1 saturated carbocycles. The maximum Gasteiger partial charge on any atom is 0.332 e. The topological polar surface area (TPSA) is 86.2 Å². The van der Waals surface area contributed by atoms with Crippen LogP contribution in [-0.4, -0.2) is 84.7 Å². The van der Waals surface area contributed by atoms with Crippen molar-refractivity contribution in [3.8, 4) is 5.75 Å². The summed E-state index contributed by atoms with van der Waals surface area (Å²) in [5.74, 6) is 0.782. The third-order valence-electron chi connectivity index (χ3n) is 8.43. The first-order valence-corrected chi connectivity index (χ1v) is 15.0. The van der Waals surface area contributed by atoms with Crippen LogP contribution >= 0.6 is 11.3 Å². The number of carbonyl (C=O) groups excluding carboxylic acids is 1. The summed E-state index contributed by atoms with van der Waals surface area (Å²) < 4.78 is 5.97. The molecule has 3 fully saturated rings. The lowest BCUT2D eigenvalue weighted by molar-refractivity contribution is -0.136. The van der Waals surface area contributed by atoms with Gasteiger partial charge in [-0.25, -0.2) is 9.78 Å². The van der Waals surface area contributed by atoms with Gasteiger partial charge >= 0.3 is 5.97 Å². The minimum Gasteiger partial charge on any atom is -0.493 e. The molecule has 1 amide bonds. The number of amides is 1. The van der Waals surface area contributed by atoms with Crippen LogP contribution in [0.3, 0.4) is 0 Å². The van der Waals surface area contributed by atoms with E-state index in [4.69, 9.17) is 9.72 Å². The van der Waals surface area contributed by atoms with Crippen LogP contribution in [0.5, 0.6) is 5.75 Å². The number of carbonyl (C=O) groups is 2. The number of fused-ring (bicyclic) bond motifs is 1. The predicted octanol–water partition coefficient (Wildman–Crippen LogP) is 4.33. The minimum absolute atomic E-state index is 0.0733. The average Bonchev–Trinajstić information content (AvgIpc) is 3.53. The Kier molecular flexibility index (Phi) is 8.87. The second kappa shape index (κ2) is 12.5. The van der Waals surface area contributed by atoms with Gasteiger partial charge in [-0.1, -0.05) is 25.0 Å². The molecular weight excluding hydrogens is 512 g/mol. The van der Waals surface area contributed by atoms with Gasteiger partial charge in [-0.05, 0) is 62.4 Å². The molecule has 210 valence electrons. The Bertz CT molecular complexity index is 1170. The molecular formula is C30H40N4O4S. The van der Waals surface area contributed by atoms with Crippen LogP contribution in [0.1, 0.15) is 48.2 Å². The lowest BCUT2D eigenvalue weighted by Gasteiger charge is -2.32. The highest BCUT2D eigenvalue weighted by molar-refractivity contribution is 7.15. The zero-order valence-electron chi connectivity index (χ0n) is 23.1. The molecule has 2 aliphatic heterocycles. The molecule has 39 heavy (non-hydrogen) atoms. The van der Waals surface area contributed by atoms with Crippen molar-refractivity contribution in [3.63, 3.8) is 0 Å². The van der Waals surface area contributed by atoms with Gasteiger partial charge in [0.2, 0.25) is 5.91 Å². The quantitative estimate of drug-likeness (QED) is 0.464. The van der Waals surface area contributed by atoms with E-state index in [1.165, 1.54) is 30.6 Å². The first-order valence-electron chi connectivity index (χ1n) is 14.2. The van der Waals surface area contributed by atoms with Crippen molar-refractivity contribution in [1.82, 2.24) is 14.8 Å². The van der Waals surface area contributed by atoms with Gasteiger partial charge in [0.05, 0.1) is 18.7 Å². The second-order valence-corrected chi connectivity index (χ2v) is 12.4. The van der Waals surface area contributed by atoms with E-state index in [-0.39, 0.29) is 17.9 Å². The smallest absolute Gasteiger partial charge is 0.332 e. The van der Waals surface area contributed by atoms with Crippen molar-refractivity contribution in [1.29, 1.82) is 0 Å². The summed E-state index contributed by atoms with van der Waals surface area (Å²) in [5.41, 5.74) is 1.95. The summed E-state index contributed by atoms with van der Waals surface area (Å²) >= 11 is 1.75. The van der Waals surface area contributed by atoms with E-state index in [1.54, 1.807) is 17.4 Å². The fourth-order valence-corrected chi connectivity index (χ4v) is 6.98. The Hall–Kier alpha value is -2.91. The van der Waals surface area contributed by atoms with Crippen molar-refractivity contribution < 1.29 is 19.4 Å². The molecule has 2 atom stereocenters. The van der Waals surface area contributed by atoms with Crippen LogP contribution in [0.4, 0.5) is 5.13 Å². The van der Waals surface area contributed by atoms with Crippen molar-refractivity contribution >= 4 is 34.4 Å². The number of anilines is 1. The molecule has 0 bridgehead atoms. The van der Waals surface area contributed by atoms with Crippen LogP contribution in [0.2, 0.25) is 0 Å². The first kappa shape index (κ1) is 27.6. The number of benzene rings is 1. The summed E-state index contributed by atoms with van der Waals surface area (Å²) in [5, 5.41) is 10.9. The van der Waals surface area contributed by atoms with E-state index in [2.05, 4.69) is 23.8 Å². The van der Waals surface area contributed by atoms with Gasteiger partial charge < -0.3 is 24.5 Å². The van der Waals surface area contributed by atoms with Crippen LogP contribution in [0.15, 0.2) is 29.8 Å². The van der Waals surface area contributed by atoms with E-state index in [9.17, 15) is 14.7 Å². The largest absolute Gasteiger partial charge is 0.493 e. The molecule has 5 rings (SSSR count). The van der Waals surface area contributed by atoms with E-state index < -0.39 is 5.97 Å². The van der Waals surface area contributed by atoms with Crippen molar-refractivity contribution in [3.05, 3.63) is 46.0 Å². The molecule has 3 heterocycles. The van der Waals surface area contributed by atoms with Crippen LogP contribution in [-0.2, 0) is 16.0 Å². The highest BCUT2D eigenvalue weighted by Crippen LogP contribution is 2.36. The number of likely N-dealkylation sites (tertiary alicyclic amines) is 1. The van der Waals surface area contributed by atoms with Gasteiger partial charge in [-0.3, -0.25) is 4.79 Å². The zero-order valence-corrected chi connectivity index (χ0v) is 23.9. The molecule has 9 heteroatoms. The Morgan fingerprint density at radius 2 is 1.74 bits per heavy atom. The molecule has 0 radical (unpaired) electrons. The fraction of sp³-hybridized carbons (Fsp3) is 0.567. The molecule has 0 unspecified atom stereocenters. The summed E-state index contributed by atoms with van der Waals surface area (Å²) in [6, 6.07) is 7.38. The maximum absolute atomic E-state index is 12.9. The van der Waals surface area contributed by atoms with Crippen LogP contribution < -0.4 is 9.64 Å². The number of rotatable bonds is 9. The van der Waals surface area contributed by atoms with Gasteiger partial charge in [0, 0.05) is 56.1 Å². The molecule has 1 N–H and O–H groups in total. The predicted molar refractivity (Wildman–Crippen MR) is 154 cm³/mol. The third-order valence-corrected chi connectivity index (χ3v) is 9.50. The number of ether oxygens (including phenoxy) is 1. The first-order chi connectivity index (χ1) is 18.9. The van der Waals surface area contributed by atoms with E-state index in [1.807, 2.05) is 29.2 Å². The van der Waals surface area contributed by atoms with Crippen molar-refractivity contribution in [2.45, 2.75) is 45.4 Å². The normalized spacial score (nSPS) is 22.2. The zero-order chi connectivity index (χ0) is 27.4. The summed E-state index contributed by atoms with van der Waals surface area (Å²) in [4.78, 5) is 37.5. The number of carboxylic acid groups (broad SMARTS) is 1. The van der Waals surface area contributed by atoms with Crippen molar-refractivity contribution in [2.75, 3.05) is 57.8 Å². The second-order valence-electron chi connectivity index (χ2n) is 11.2. The molecule has 1 aromatic heterocycles. The molecule has 1 aromatic carbocycles. The summed E-state index contributed by atoms with van der Waals surface area (Å²) in [6.07, 6.45) is 7.12. The number of aryl methyl sites for hydroxylation is 1. The Morgan fingerprint density at radius 1 is 1.08 bits per heavy atom. The lowest BCUT2D eigenvalue weighted by atomic mass is 9.82. The van der Waals surface area contributed by atoms with Crippen molar-refractivity contribution in [2.24, 2.45) is 11.8 Å². The molecule has 2 saturated heterocycles. The lowest BCUT2D eigenvalue weighted by Crippen LogP contribution is -2.44.